The van der Waals surface area contributed by atoms with Crippen LogP contribution in [0, 0.1) is 0 Å². The Bertz CT molecular complexity index is 1050. The van der Waals surface area contributed by atoms with E-state index < -0.39 is 36.0 Å². The van der Waals surface area contributed by atoms with Crippen molar-refractivity contribution in [2.45, 2.75) is 58.7 Å². The minimum Gasteiger partial charge on any atom is -0.469 e. The van der Waals surface area contributed by atoms with E-state index in [1.165, 1.54) is 13.5 Å². The molecular weight excluding hydrogens is 508 g/mol. The lowest BCUT2D eigenvalue weighted by atomic mass is 10.1. The molecule has 0 unspecified atom stereocenters. The normalized spacial score (nSPS) is 13.2. The highest BCUT2D eigenvalue weighted by Gasteiger charge is 2.38. The number of nitrogens with one attached hydrogen (secondary N) is 2. The summed E-state index contributed by atoms with van der Waals surface area (Å²) >= 11 is 0. The number of rotatable bonds is 13. The number of allylic oxidation sites excluding steroid dienone is 5. The highest BCUT2D eigenvalue weighted by atomic mass is 16.6. The van der Waals surface area contributed by atoms with Gasteiger partial charge in [-0.1, -0.05) is 44.6 Å². The number of carbonyl (C=O) groups excluding carboxylic acids is 5. The summed E-state index contributed by atoms with van der Waals surface area (Å²) in [5.41, 5.74) is 0.321. The number of hydrogen-bond donors (Lipinski definition) is 2. The van der Waals surface area contributed by atoms with Crippen molar-refractivity contribution in [3.05, 3.63) is 60.4 Å². The van der Waals surface area contributed by atoms with Crippen LogP contribution in [-0.2, 0) is 38.2 Å². The number of benzene rings is 1. The summed E-state index contributed by atoms with van der Waals surface area (Å²) in [6.07, 6.45) is 8.09. The molecule has 0 aliphatic heterocycles. The summed E-state index contributed by atoms with van der Waals surface area (Å²) < 4.78 is 20.1. The molecule has 0 fully saturated rings. The van der Waals surface area contributed by atoms with Crippen molar-refractivity contribution in [3.8, 4) is 5.75 Å². The molecule has 2 amide bonds. The van der Waals surface area contributed by atoms with Gasteiger partial charge in [0.15, 0.2) is 0 Å². The van der Waals surface area contributed by atoms with Gasteiger partial charge in [-0.25, -0.2) is 0 Å². The third-order valence-corrected chi connectivity index (χ3v) is 4.70. The van der Waals surface area contributed by atoms with E-state index in [0.717, 1.165) is 12.7 Å². The number of carbonyl (C=O) groups is 5. The topological polar surface area (TPSA) is 146 Å². The predicted molar refractivity (Wildman–Crippen MR) is 143 cm³/mol. The van der Waals surface area contributed by atoms with Crippen molar-refractivity contribution in [2.24, 2.45) is 0 Å². The number of ether oxygens (including phenoxy) is 4. The fourth-order valence-corrected chi connectivity index (χ4v) is 3.01. The van der Waals surface area contributed by atoms with Crippen LogP contribution in [0.1, 0.15) is 46.5 Å². The van der Waals surface area contributed by atoms with E-state index in [9.17, 15) is 24.0 Å². The van der Waals surface area contributed by atoms with Gasteiger partial charge in [-0.3, -0.25) is 24.0 Å². The molecule has 2 N–H and O–H groups in total. The maximum absolute atomic E-state index is 12.8. The van der Waals surface area contributed by atoms with Gasteiger partial charge >= 0.3 is 11.9 Å². The largest absolute Gasteiger partial charge is 0.469 e. The van der Waals surface area contributed by atoms with Crippen molar-refractivity contribution in [1.82, 2.24) is 5.32 Å². The first-order valence-corrected chi connectivity index (χ1v) is 12.5. The predicted octanol–water partition coefficient (Wildman–Crippen LogP) is 3.36. The van der Waals surface area contributed by atoms with Crippen LogP contribution < -0.4 is 15.4 Å². The van der Waals surface area contributed by atoms with Gasteiger partial charge in [-0.15, -0.1) is 0 Å². The Labute approximate surface area is 228 Å². The number of hydrogen-bond acceptors (Lipinski definition) is 9. The maximum Gasteiger partial charge on any atom is 0.305 e. The first-order valence-electron chi connectivity index (χ1n) is 12.5. The molecule has 212 valence electrons. The zero-order valence-electron chi connectivity index (χ0n) is 22.6. The van der Waals surface area contributed by atoms with E-state index in [1.807, 2.05) is 30.4 Å². The van der Waals surface area contributed by atoms with Gasteiger partial charge < -0.3 is 29.6 Å². The molecule has 0 heterocycles. The summed E-state index contributed by atoms with van der Waals surface area (Å²) in [6, 6.07) is 6.37. The van der Waals surface area contributed by atoms with Crippen molar-refractivity contribution in [2.75, 3.05) is 19.0 Å². The quantitative estimate of drug-likeness (QED) is 0.165. The Kier molecular flexibility index (Phi) is 15.7. The standard InChI is InChI=1S/C25H28N2O9.C3H8/c1-17(29)35-23(24(31)26-15-7-10-21(30)33-2)22(34-16-28)25(32)27-18-11-13-20(14-12-18)36-19-8-5-3-4-6-9-19;1-3-2/h3-6,8,11-14,16,22-23H,7,9-10,15H2,1-2H3,(H,26,31)(H,27,32);3H2,1-2H3/t22-,23-;/m1./s1. The average Bonchev–Trinajstić information content (AvgIpc) is 3.18. The molecule has 2 atom stereocenters. The first-order chi connectivity index (χ1) is 18.7. The van der Waals surface area contributed by atoms with Gasteiger partial charge in [0.1, 0.15) is 11.5 Å². The van der Waals surface area contributed by atoms with Gasteiger partial charge in [-0.05, 0) is 36.8 Å². The third kappa shape index (κ3) is 13.1. The molecule has 1 aliphatic rings. The lowest BCUT2D eigenvalue weighted by Crippen LogP contribution is -2.51. The molecule has 11 nitrogen and oxygen atoms in total. The van der Waals surface area contributed by atoms with Crippen LogP contribution in [-0.4, -0.2) is 56.1 Å². The van der Waals surface area contributed by atoms with Gasteiger partial charge in [0.25, 0.3) is 18.3 Å². The van der Waals surface area contributed by atoms with Crippen LogP contribution in [0.15, 0.2) is 60.4 Å². The Morgan fingerprint density at radius 1 is 1.00 bits per heavy atom. The molecular formula is C28H36N2O9. The van der Waals surface area contributed by atoms with Crippen molar-refractivity contribution < 1.29 is 42.9 Å². The minimum atomic E-state index is -1.77. The molecule has 0 saturated carbocycles. The van der Waals surface area contributed by atoms with Crippen LogP contribution in [0.25, 0.3) is 0 Å². The van der Waals surface area contributed by atoms with Gasteiger partial charge in [0.2, 0.25) is 12.2 Å². The van der Waals surface area contributed by atoms with Crippen LogP contribution in [0.4, 0.5) is 5.69 Å². The molecule has 2 rings (SSSR count). The lowest BCUT2D eigenvalue weighted by Gasteiger charge is -2.23. The molecule has 0 radical (unpaired) electrons. The van der Waals surface area contributed by atoms with E-state index in [-0.39, 0.29) is 25.9 Å². The van der Waals surface area contributed by atoms with E-state index in [2.05, 4.69) is 29.2 Å². The SMILES string of the molecule is CCC.COC(=O)CCCNC(=O)[C@H](OC(C)=O)[C@@H](OC=O)C(=O)Nc1ccc(OC2=CC=CC=CC2)cc1. The fourth-order valence-electron chi connectivity index (χ4n) is 3.01. The molecule has 1 aliphatic carbocycles. The maximum atomic E-state index is 12.8. The number of esters is 2. The first kappa shape index (κ1) is 32.6. The Morgan fingerprint density at radius 2 is 1.69 bits per heavy atom. The summed E-state index contributed by atoms with van der Waals surface area (Å²) in [4.78, 5) is 59.3. The van der Waals surface area contributed by atoms with Crippen molar-refractivity contribution >= 4 is 35.9 Å². The fraction of sp³-hybridized carbons (Fsp3) is 0.393. The second kappa shape index (κ2) is 18.8. The van der Waals surface area contributed by atoms with Crippen LogP contribution in [0.5, 0.6) is 5.75 Å². The smallest absolute Gasteiger partial charge is 0.305 e. The van der Waals surface area contributed by atoms with E-state index in [1.54, 1.807) is 24.3 Å². The molecule has 11 heteroatoms. The molecule has 1 aromatic carbocycles. The molecule has 0 aromatic heterocycles. The molecule has 0 spiro atoms. The zero-order valence-corrected chi connectivity index (χ0v) is 22.6. The Morgan fingerprint density at radius 3 is 2.31 bits per heavy atom. The summed E-state index contributed by atoms with van der Waals surface area (Å²) in [6.45, 7) is 5.30. The molecule has 0 bridgehead atoms. The molecule has 0 saturated heterocycles. The van der Waals surface area contributed by atoms with Gasteiger partial charge in [-0.2, -0.15) is 0 Å². The van der Waals surface area contributed by atoms with Crippen LogP contribution in [0.2, 0.25) is 0 Å². The van der Waals surface area contributed by atoms with Crippen molar-refractivity contribution in [3.63, 3.8) is 0 Å². The third-order valence-electron chi connectivity index (χ3n) is 4.70. The monoisotopic (exact) mass is 544 g/mol. The second-order valence-electron chi connectivity index (χ2n) is 8.13. The van der Waals surface area contributed by atoms with Gasteiger partial charge in [0.05, 0.1) is 7.11 Å². The number of anilines is 1. The number of amides is 2. The Hall–Kier alpha value is -4.41. The van der Waals surface area contributed by atoms with E-state index >= 15 is 0 Å². The summed E-state index contributed by atoms with van der Waals surface area (Å²) in [5, 5.41) is 4.96. The highest BCUT2D eigenvalue weighted by Crippen LogP contribution is 2.21. The average molecular weight is 545 g/mol. The van der Waals surface area contributed by atoms with Gasteiger partial charge in [0, 0.05) is 32.0 Å². The number of methoxy groups -OCH3 is 1. The summed E-state index contributed by atoms with van der Waals surface area (Å²) in [7, 11) is 1.24. The Balaban J connectivity index is 0.00000242. The molecule has 1 aromatic rings. The summed E-state index contributed by atoms with van der Waals surface area (Å²) in [5.74, 6) is -1.82. The lowest BCUT2D eigenvalue weighted by molar-refractivity contribution is -0.169. The van der Waals surface area contributed by atoms with Crippen molar-refractivity contribution in [1.29, 1.82) is 0 Å². The highest BCUT2D eigenvalue weighted by molar-refractivity contribution is 5.99. The van der Waals surface area contributed by atoms with Crippen LogP contribution in [0.3, 0.4) is 0 Å². The van der Waals surface area contributed by atoms with Crippen LogP contribution >= 0.6 is 0 Å². The van der Waals surface area contributed by atoms with E-state index in [0.29, 0.717) is 17.9 Å². The van der Waals surface area contributed by atoms with E-state index in [4.69, 9.17) is 14.2 Å². The zero-order chi connectivity index (χ0) is 29.0. The minimum absolute atomic E-state index is 0.0222. The second-order valence-corrected chi connectivity index (χ2v) is 8.13. The molecule has 39 heavy (non-hydrogen) atoms.